The Balaban J connectivity index is 1.50. The average Bonchev–Trinajstić information content (AvgIpc) is 3.21. The minimum absolute atomic E-state index is 0.0952. The lowest BCUT2D eigenvalue weighted by atomic mass is 9.95. The molecule has 0 radical (unpaired) electrons. The lowest BCUT2D eigenvalue weighted by molar-refractivity contribution is 0.339. The van der Waals surface area contributed by atoms with Crippen LogP contribution in [0.3, 0.4) is 0 Å². The predicted octanol–water partition coefficient (Wildman–Crippen LogP) is 5.71. The smallest absolute Gasteiger partial charge is 0.225 e. The van der Waals surface area contributed by atoms with Crippen LogP contribution in [0.4, 0.5) is 5.95 Å². The largest absolute Gasteiger partial charge is 0.348 e. The zero-order valence-corrected chi connectivity index (χ0v) is 19.6. The SMILES string of the molecule is CC(Nc1ncc2nc(-c3ccccc3Cl)n(CCC3CCNCC3)c2n1)c1ccccc1. The zero-order valence-electron chi connectivity index (χ0n) is 18.8. The molecule has 1 aliphatic heterocycles. The van der Waals surface area contributed by atoms with E-state index in [9.17, 15) is 0 Å². The summed E-state index contributed by atoms with van der Waals surface area (Å²) in [5, 5.41) is 7.60. The Kier molecular flexibility index (Phi) is 6.55. The quantitative estimate of drug-likeness (QED) is 0.369. The number of imidazole rings is 1. The molecule has 0 bridgehead atoms. The molecule has 0 amide bonds. The maximum Gasteiger partial charge on any atom is 0.225 e. The molecule has 1 fully saturated rings. The normalized spacial score (nSPS) is 15.6. The third kappa shape index (κ3) is 4.87. The molecule has 6 nitrogen and oxygen atoms in total. The van der Waals surface area contributed by atoms with Crippen molar-refractivity contribution in [1.29, 1.82) is 0 Å². The first kappa shape index (κ1) is 21.9. The van der Waals surface area contributed by atoms with Crippen LogP contribution in [0.5, 0.6) is 0 Å². The summed E-state index contributed by atoms with van der Waals surface area (Å²) in [5.74, 6) is 2.17. The predicted molar refractivity (Wildman–Crippen MR) is 134 cm³/mol. The van der Waals surface area contributed by atoms with Crippen molar-refractivity contribution >= 4 is 28.7 Å². The highest BCUT2D eigenvalue weighted by atomic mass is 35.5. The molecule has 1 saturated heterocycles. The minimum atomic E-state index is 0.0952. The molecule has 4 aromatic rings. The van der Waals surface area contributed by atoms with Gasteiger partial charge in [0.25, 0.3) is 0 Å². The number of nitrogens with zero attached hydrogens (tertiary/aromatic N) is 4. The highest BCUT2D eigenvalue weighted by Crippen LogP contribution is 2.31. The van der Waals surface area contributed by atoms with Crippen LogP contribution < -0.4 is 10.6 Å². The fraction of sp³-hybridized carbons (Fsp3) is 0.346. The van der Waals surface area contributed by atoms with Crippen LogP contribution in [0.2, 0.25) is 5.02 Å². The van der Waals surface area contributed by atoms with Crippen molar-refractivity contribution in [3.05, 3.63) is 71.4 Å². The van der Waals surface area contributed by atoms with Crippen molar-refractivity contribution in [3.8, 4) is 11.4 Å². The van der Waals surface area contributed by atoms with Crippen LogP contribution in [0.25, 0.3) is 22.6 Å². The average molecular weight is 461 g/mol. The Hall–Kier alpha value is -2.96. The molecule has 0 saturated carbocycles. The lowest BCUT2D eigenvalue weighted by Gasteiger charge is -2.23. The number of fused-ring (bicyclic) bond motifs is 1. The Morgan fingerprint density at radius 3 is 2.61 bits per heavy atom. The van der Waals surface area contributed by atoms with Crippen molar-refractivity contribution in [3.63, 3.8) is 0 Å². The van der Waals surface area contributed by atoms with Gasteiger partial charge >= 0.3 is 0 Å². The molecule has 2 aromatic heterocycles. The van der Waals surface area contributed by atoms with Gasteiger partial charge in [-0.2, -0.15) is 4.98 Å². The van der Waals surface area contributed by atoms with Crippen molar-refractivity contribution in [2.45, 2.75) is 38.8 Å². The number of benzene rings is 2. The summed E-state index contributed by atoms with van der Waals surface area (Å²) in [7, 11) is 0. The number of aryl methyl sites for hydroxylation is 1. The van der Waals surface area contributed by atoms with Crippen LogP contribution in [0.15, 0.2) is 60.8 Å². The maximum absolute atomic E-state index is 6.57. The third-order valence-corrected chi connectivity index (χ3v) is 6.80. The Labute approximate surface area is 199 Å². The zero-order chi connectivity index (χ0) is 22.6. The number of hydrogen-bond donors (Lipinski definition) is 2. The minimum Gasteiger partial charge on any atom is -0.348 e. The fourth-order valence-corrected chi connectivity index (χ4v) is 4.77. The van der Waals surface area contributed by atoms with Crippen LogP contribution >= 0.6 is 11.6 Å². The highest BCUT2D eigenvalue weighted by Gasteiger charge is 2.20. The number of aromatic nitrogens is 4. The Bertz CT molecular complexity index is 1220. The van der Waals surface area contributed by atoms with E-state index in [-0.39, 0.29) is 6.04 Å². The van der Waals surface area contributed by atoms with Crippen LogP contribution in [0, 0.1) is 5.92 Å². The first-order valence-electron chi connectivity index (χ1n) is 11.7. The van der Waals surface area contributed by atoms with E-state index in [1.807, 2.05) is 48.7 Å². The summed E-state index contributed by atoms with van der Waals surface area (Å²) < 4.78 is 2.22. The number of piperidine rings is 1. The number of halogens is 1. The molecule has 2 N–H and O–H groups in total. The molecule has 5 rings (SSSR count). The fourth-order valence-electron chi connectivity index (χ4n) is 4.55. The van der Waals surface area contributed by atoms with Crippen LogP contribution in [-0.4, -0.2) is 32.6 Å². The van der Waals surface area contributed by atoms with Gasteiger partial charge in [0.2, 0.25) is 5.95 Å². The van der Waals surface area contributed by atoms with Gasteiger partial charge < -0.3 is 15.2 Å². The molecule has 1 unspecified atom stereocenters. The van der Waals surface area contributed by atoms with E-state index in [0.717, 1.165) is 48.6 Å². The number of rotatable bonds is 7. The van der Waals surface area contributed by atoms with Crippen LogP contribution in [-0.2, 0) is 6.54 Å². The van der Waals surface area contributed by atoms with E-state index in [1.54, 1.807) is 0 Å². The van der Waals surface area contributed by atoms with Crippen molar-refractivity contribution in [2.24, 2.45) is 5.92 Å². The van der Waals surface area contributed by atoms with Gasteiger partial charge in [0.05, 0.1) is 17.3 Å². The van der Waals surface area contributed by atoms with E-state index in [2.05, 4.69) is 39.2 Å². The first-order chi connectivity index (χ1) is 16.2. The van der Waals surface area contributed by atoms with Crippen LogP contribution in [0.1, 0.15) is 37.8 Å². The first-order valence-corrected chi connectivity index (χ1v) is 12.1. The standard InChI is InChI=1S/C26H29ClN6/c1-18(20-7-3-2-4-8-20)30-26-29-17-23-25(32-26)33(16-13-19-11-14-28-15-12-19)24(31-23)21-9-5-6-10-22(21)27/h2-10,17-19,28H,11-16H2,1H3,(H,29,30,32). The molecule has 1 atom stereocenters. The highest BCUT2D eigenvalue weighted by molar-refractivity contribution is 6.33. The van der Waals surface area contributed by atoms with Gasteiger partial charge in [-0.3, -0.25) is 0 Å². The van der Waals surface area contributed by atoms with E-state index in [4.69, 9.17) is 21.6 Å². The van der Waals surface area contributed by atoms with E-state index < -0.39 is 0 Å². The summed E-state index contributed by atoms with van der Waals surface area (Å²) in [6, 6.07) is 18.3. The summed E-state index contributed by atoms with van der Waals surface area (Å²) >= 11 is 6.57. The topological polar surface area (TPSA) is 67.7 Å². The molecule has 7 heteroatoms. The van der Waals surface area contributed by atoms with Gasteiger partial charge in [0.15, 0.2) is 5.65 Å². The van der Waals surface area contributed by atoms with Gasteiger partial charge in [-0.05, 0) is 62.9 Å². The summed E-state index contributed by atoms with van der Waals surface area (Å²) in [6.45, 7) is 5.17. The molecule has 33 heavy (non-hydrogen) atoms. The maximum atomic E-state index is 6.57. The van der Waals surface area contributed by atoms with E-state index >= 15 is 0 Å². The number of nitrogens with one attached hydrogen (secondary N) is 2. The third-order valence-electron chi connectivity index (χ3n) is 6.47. The van der Waals surface area contributed by atoms with E-state index in [0.29, 0.717) is 16.9 Å². The molecule has 2 aromatic carbocycles. The second-order valence-electron chi connectivity index (χ2n) is 8.73. The molecule has 0 aliphatic carbocycles. The van der Waals surface area contributed by atoms with Crippen molar-refractivity contribution < 1.29 is 0 Å². The van der Waals surface area contributed by atoms with Gasteiger partial charge in [0.1, 0.15) is 11.3 Å². The second kappa shape index (κ2) is 9.89. The summed E-state index contributed by atoms with van der Waals surface area (Å²) in [4.78, 5) is 14.4. The Morgan fingerprint density at radius 1 is 1.06 bits per heavy atom. The molecule has 3 heterocycles. The number of hydrogen-bond acceptors (Lipinski definition) is 5. The van der Waals surface area contributed by atoms with Crippen molar-refractivity contribution in [1.82, 2.24) is 24.8 Å². The molecular formula is C26H29ClN6. The molecule has 170 valence electrons. The van der Waals surface area contributed by atoms with Gasteiger partial charge in [-0.25, -0.2) is 9.97 Å². The second-order valence-corrected chi connectivity index (χ2v) is 9.14. The van der Waals surface area contributed by atoms with Crippen molar-refractivity contribution in [2.75, 3.05) is 18.4 Å². The Morgan fingerprint density at radius 2 is 1.82 bits per heavy atom. The van der Waals surface area contributed by atoms with Gasteiger partial charge in [-0.1, -0.05) is 54.1 Å². The van der Waals surface area contributed by atoms with E-state index in [1.165, 1.54) is 18.4 Å². The number of anilines is 1. The summed E-state index contributed by atoms with van der Waals surface area (Å²) in [5.41, 5.74) is 3.75. The van der Waals surface area contributed by atoms with Gasteiger partial charge in [-0.15, -0.1) is 0 Å². The molecule has 1 aliphatic rings. The molecular weight excluding hydrogens is 432 g/mol. The monoisotopic (exact) mass is 460 g/mol. The summed E-state index contributed by atoms with van der Waals surface area (Å²) in [6.07, 6.45) is 5.33. The lowest BCUT2D eigenvalue weighted by Crippen LogP contribution is -2.28. The van der Waals surface area contributed by atoms with Gasteiger partial charge in [0, 0.05) is 12.1 Å². The molecule has 0 spiro atoms.